The van der Waals surface area contributed by atoms with Crippen LogP contribution in [0.1, 0.15) is 206 Å². The largest absolute Gasteiger partial charge is 0.472 e. The molecule has 0 saturated carbocycles. The van der Waals surface area contributed by atoms with Gasteiger partial charge in [0.2, 0.25) is 0 Å². The smallest absolute Gasteiger partial charge is 0.462 e. The molecule has 0 bridgehead atoms. The van der Waals surface area contributed by atoms with Gasteiger partial charge in [0, 0.05) is 12.8 Å². The molecule has 2 atom stereocenters. The van der Waals surface area contributed by atoms with Crippen LogP contribution in [0.3, 0.4) is 0 Å². The van der Waals surface area contributed by atoms with E-state index in [0.29, 0.717) is 23.9 Å². The third kappa shape index (κ3) is 45.5. The standard InChI is InChI=1S/C50H92NO8P/c1-6-8-10-12-14-16-18-20-22-24-25-27-29-31-33-35-37-39-41-43-50(53)59-48(47-58-60(54,55)57-45-44-51(3,4)5)46-56-49(52)42-40-38-36-34-32-30-28-26-23-21-19-17-15-13-11-9-7-2/h20-23,28,30,34,36,48H,6-19,24-27,29,31-33,35,37-47H2,1-5H3/p+1/b22-20+,23-21+,30-28+,36-34+/t48-/m1/s1. The van der Waals surface area contributed by atoms with E-state index in [1.807, 2.05) is 21.1 Å². The van der Waals surface area contributed by atoms with Crippen LogP contribution in [0.15, 0.2) is 48.6 Å². The van der Waals surface area contributed by atoms with Gasteiger partial charge in [0.15, 0.2) is 6.10 Å². The van der Waals surface area contributed by atoms with Crippen LogP contribution in [-0.4, -0.2) is 74.9 Å². The van der Waals surface area contributed by atoms with E-state index < -0.39 is 32.5 Å². The fourth-order valence-corrected chi connectivity index (χ4v) is 7.24. The number of likely N-dealkylation sites (N-methyl/N-ethyl adjacent to an activating group) is 1. The van der Waals surface area contributed by atoms with E-state index in [1.165, 1.54) is 122 Å². The first kappa shape index (κ1) is 58.0. The highest BCUT2D eigenvalue weighted by molar-refractivity contribution is 7.47. The Morgan fingerprint density at radius 3 is 1.40 bits per heavy atom. The van der Waals surface area contributed by atoms with E-state index in [1.54, 1.807) is 0 Å². The quantitative estimate of drug-likeness (QED) is 0.0212. The molecule has 0 aliphatic carbocycles. The summed E-state index contributed by atoms with van der Waals surface area (Å²) in [7, 11) is 1.45. The third-order valence-electron chi connectivity index (χ3n) is 10.3. The van der Waals surface area contributed by atoms with Crippen LogP contribution < -0.4 is 0 Å². The van der Waals surface area contributed by atoms with Crippen LogP contribution in [0.25, 0.3) is 0 Å². The second-order valence-corrected chi connectivity index (χ2v) is 18.9. The number of carbonyl (C=O) groups is 2. The van der Waals surface area contributed by atoms with Crippen molar-refractivity contribution >= 4 is 19.8 Å². The maximum Gasteiger partial charge on any atom is 0.472 e. The zero-order valence-corrected chi connectivity index (χ0v) is 40.3. The molecular weight excluding hydrogens is 774 g/mol. The number of phosphoric acid groups is 1. The van der Waals surface area contributed by atoms with Crippen LogP contribution in [0.5, 0.6) is 0 Å². The summed E-state index contributed by atoms with van der Waals surface area (Å²) >= 11 is 0. The van der Waals surface area contributed by atoms with Gasteiger partial charge in [-0.2, -0.15) is 0 Å². The molecule has 0 aliphatic rings. The highest BCUT2D eigenvalue weighted by atomic mass is 31.2. The Labute approximate surface area is 369 Å². The molecule has 0 radical (unpaired) electrons. The zero-order chi connectivity index (χ0) is 44.3. The first-order valence-corrected chi connectivity index (χ1v) is 25.9. The third-order valence-corrected chi connectivity index (χ3v) is 11.3. The number of esters is 2. The van der Waals surface area contributed by atoms with Crippen molar-refractivity contribution in [3.8, 4) is 0 Å². The minimum atomic E-state index is -4.39. The molecule has 1 N–H and O–H groups in total. The van der Waals surface area contributed by atoms with Crippen LogP contribution in [0.2, 0.25) is 0 Å². The Kier molecular flexibility index (Phi) is 40.8. The number of ether oxygens (including phenoxy) is 2. The minimum Gasteiger partial charge on any atom is -0.462 e. The summed E-state index contributed by atoms with van der Waals surface area (Å²) in [5, 5.41) is 0. The monoisotopic (exact) mass is 867 g/mol. The summed E-state index contributed by atoms with van der Waals surface area (Å²) in [5.74, 6) is -0.859. The molecule has 350 valence electrons. The lowest BCUT2D eigenvalue weighted by atomic mass is 10.1. The van der Waals surface area contributed by atoms with Crippen molar-refractivity contribution in [3.05, 3.63) is 48.6 Å². The molecule has 1 unspecified atom stereocenters. The molecule has 60 heavy (non-hydrogen) atoms. The molecule has 0 aromatic rings. The number of nitrogens with zero attached hydrogens (tertiary/aromatic N) is 1. The second-order valence-electron chi connectivity index (χ2n) is 17.5. The normalized spacial score (nSPS) is 13.9. The Morgan fingerprint density at radius 1 is 0.517 bits per heavy atom. The van der Waals surface area contributed by atoms with E-state index in [2.05, 4.69) is 62.5 Å². The Morgan fingerprint density at radius 2 is 0.917 bits per heavy atom. The van der Waals surface area contributed by atoms with Gasteiger partial charge in [-0.25, -0.2) is 4.57 Å². The van der Waals surface area contributed by atoms with Crippen molar-refractivity contribution in [1.29, 1.82) is 0 Å². The molecular formula is C50H93NO8P+. The molecule has 0 rings (SSSR count). The molecule has 0 aromatic heterocycles. The van der Waals surface area contributed by atoms with E-state index in [0.717, 1.165) is 44.9 Å². The van der Waals surface area contributed by atoms with Gasteiger partial charge in [-0.15, -0.1) is 0 Å². The van der Waals surface area contributed by atoms with Crippen molar-refractivity contribution in [2.45, 2.75) is 213 Å². The number of allylic oxidation sites excluding steroid dienone is 8. The van der Waals surface area contributed by atoms with E-state index >= 15 is 0 Å². The van der Waals surface area contributed by atoms with E-state index in [9.17, 15) is 19.0 Å². The van der Waals surface area contributed by atoms with Gasteiger partial charge in [0.25, 0.3) is 0 Å². The second kappa shape index (κ2) is 42.3. The lowest BCUT2D eigenvalue weighted by molar-refractivity contribution is -0.870. The summed E-state index contributed by atoms with van der Waals surface area (Å²) in [6, 6.07) is 0. The summed E-state index contributed by atoms with van der Waals surface area (Å²) in [6.45, 7) is 4.36. The molecule has 0 fully saturated rings. The number of hydrogen-bond donors (Lipinski definition) is 1. The lowest BCUT2D eigenvalue weighted by Gasteiger charge is -2.24. The maximum absolute atomic E-state index is 12.7. The summed E-state index contributed by atoms with van der Waals surface area (Å²) in [5.41, 5.74) is 0. The van der Waals surface area contributed by atoms with E-state index in [-0.39, 0.29) is 26.1 Å². The van der Waals surface area contributed by atoms with Gasteiger partial charge < -0.3 is 18.9 Å². The molecule has 9 nitrogen and oxygen atoms in total. The van der Waals surface area contributed by atoms with Gasteiger partial charge in [-0.05, 0) is 70.6 Å². The van der Waals surface area contributed by atoms with Gasteiger partial charge in [0.1, 0.15) is 19.8 Å². The number of unbranched alkanes of at least 4 members (excludes halogenated alkanes) is 22. The number of hydrogen-bond acceptors (Lipinski definition) is 7. The van der Waals surface area contributed by atoms with Crippen molar-refractivity contribution in [2.24, 2.45) is 0 Å². The van der Waals surface area contributed by atoms with Crippen LogP contribution >= 0.6 is 7.82 Å². The summed E-state index contributed by atoms with van der Waals surface area (Å²) in [6.07, 6.45) is 50.2. The minimum absolute atomic E-state index is 0.0230. The number of phosphoric ester groups is 1. The average molecular weight is 867 g/mol. The average Bonchev–Trinajstić information content (AvgIpc) is 3.20. The predicted octanol–water partition coefficient (Wildman–Crippen LogP) is 14.2. The van der Waals surface area contributed by atoms with E-state index in [4.69, 9.17) is 18.5 Å². The maximum atomic E-state index is 12.7. The first-order valence-electron chi connectivity index (χ1n) is 24.4. The summed E-state index contributed by atoms with van der Waals surface area (Å²) in [4.78, 5) is 35.4. The predicted molar refractivity (Wildman–Crippen MR) is 252 cm³/mol. The van der Waals surface area contributed by atoms with Gasteiger partial charge in [-0.3, -0.25) is 18.6 Å². The number of quaternary nitrogens is 1. The SMILES string of the molecule is CCCCCCCC/C=C/C/C=C/C/C=C/CCCC(=O)OC[C@H](COP(=O)(O)OCC[N+](C)(C)C)OC(=O)CCCCCCCCCCC/C=C/CCCCCCCC. The van der Waals surface area contributed by atoms with Gasteiger partial charge in [-0.1, -0.05) is 172 Å². The van der Waals surface area contributed by atoms with Gasteiger partial charge >= 0.3 is 19.8 Å². The van der Waals surface area contributed by atoms with Crippen LogP contribution in [0.4, 0.5) is 0 Å². The Bertz CT molecular complexity index is 1160. The van der Waals surface area contributed by atoms with Crippen molar-refractivity contribution < 1.29 is 42.1 Å². The number of carbonyl (C=O) groups excluding carboxylic acids is 2. The number of rotatable bonds is 44. The van der Waals surface area contributed by atoms with Crippen molar-refractivity contribution in [3.63, 3.8) is 0 Å². The van der Waals surface area contributed by atoms with Crippen molar-refractivity contribution in [2.75, 3.05) is 47.5 Å². The topological polar surface area (TPSA) is 108 Å². The molecule has 0 saturated heterocycles. The van der Waals surface area contributed by atoms with Crippen LogP contribution in [-0.2, 0) is 32.7 Å². The molecule has 0 aliphatic heterocycles. The fraction of sp³-hybridized carbons (Fsp3) is 0.800. The Balaban J connectivity index is 4.37. The summed E-state index contributed by atoms with van der Waals surface area (Å²) < 4.78 is 34.3. The Hall–Kier alpha value is -2.03. The van der Waals surface area contributed by atoms with Gasteiger partial charge in [0.05, 0.1) is 27.7 Å². The molecule has 0 aromatic carbocycles. The fourth-order valence-electron chi connectivity index (χ4n) is 6.50. The molecule has 0 amide bonds. The van der Waals surface area contributed by atoms with Crippen molar-refractivity contribution in [1.82, 2.24) is 0 Å². The molecule has 10 heteroatoms. The lowest BCUT2D eigenvalue weighted by Crippen LogP contribution is -2.37. The first-order chi connectivity index (χ1) is 29.0. The van der Waals surface area contributed by atoms with Crippen LogP contribution in [0, 0.1) is 0 Å². The highest BCUT2D eigenvalue weighted by Crippen LogP contribution is 2.43. The highest BCUT2D eigenvalue weighted by Gasteiger charge is 2.27. The molecule has 0 heterocycles. The zero-order valence-electron chi connectivity index (χ0n) is 39.4. The molecule has 0 spiro atoms.